The molecule has 0 N–H and O–H groups in total. The monoisotopic (exact) mass is 575 g/mol. The van der Waals surface area contributed by atoms with Crippen LogP contribution in [0.15, 0.2) is 118 Å². The molecule has 0 bridgehead atoms. The van der Waals surface area contributed by atoms with Gasteiger partial charge < -0.3 is 14.7 Å². The van der Waals surface area contributed by atoms with Gasteiger partial charge in [0.15, 0.2) is 0 Å². The number of allylic oxidation sites excluding steroid dienone is 13. The van der Waals surface area contributed by atoms with Crippen molar-refractivity contribution in [3.8, 4) is 0 Å². The fraction of sp³-hybridized carbons (Fsp3) is 0.500. The zero-order valence-corrected chi connectivity index (χ0v) is 27.0. The summed E-state index contributed by atoms with van der Waals surface area (Å²) < 4.78 is 0. The average Bonchev–Trinajstić information content (AvgIpc) is 3.07. The summed E-state index contributed by atoms with van der Waals surface area (Å²) in [6.07, 6.45) is 44.8. The van der Waals surface area contributed by atoms with Gasteiger partial charge in [0.2, 0.25) is 0 Å². The van der Waals surface area contributed by atoms with Crippen LogP contribution in [0, 0.1) is 11.8 Å². The van der Waals surface area contributed by atoms with E-state index in [0.717, 1.165) is 51.2 Å². The Kier molecular flexibility index (Phi) is 9.76. The van der Waals surface area contributed by atoms with Gasteiger partial charge in [-0.1, -0.05) is 60.3 Å². The number of hydrogen-bond acceptors (Lipinski definition) is 3. The van der Waals surface area contributed by atoms with Crippen LogP contribution < -0.4 is 0 Å². The van der Waals surface area contributed by atoms with Crippen molar-refractivity contribution in [3.05, 3.63) is 118 Å². The van der Waals surface area contributed by atoms with Gasteiger partial charge >= 0.3 is 0 Å². The Morgan fingerprint density at radius 2 is 1.65 bits per heavy atom. The summed E-state index contributed by atoms with van der Waals surface area (Å²) in [4.78, 5) is 7.64. The molecule has 2 aliphatic heterocycles. The van der Waals surface area contributed by atoms with Gasteiger partial charge in [0, 0.05) is 56.0 Å². The summed E-state index contributed by atoms with van der Waals surface area (Å²) in [5.41, 5.74) is 10.2. The maximum atomic E-state index is 2.72. The van der Waals surface area contributed by atoms with Crippen LogP contribution in [0.3, 0.4) is 0 Å². The zero-order chi connectivity index (χ0) is 29.6. The first-order chi connectivity index (χ1) is 21.1. The summed E-state index contributed by atoms with van der Waals surface area (Å²) in [6, 6.07) is 0.503. The summed E-state index contributed by atoms with van der Waals surface area (Å²) in [5, 5.41) is 0. The van der Waals surface area contributed by atoms with Crippen molar-refractivity contribution in [1.29, 1.82) is 0 Å². The minimum absolute atomic E-state index is 0.503. The third kappa shape index (κ3) is 7.14. The van der Waals surface area contributed by atoms with Gasteiger partial charge in [-0.25, -0.2) is 0 Å². The van der Waals surface area contributed by atoms with Gasteiger partial charge in [0.05, 0.1) is 0 Å². The van der Waals surface area contributed by atoms with Gasteiger partial charge in [0.1, 0.15) is 0 Å². The molecule has 0 aromatic rings. The van der Waals surface area contributed by atoms with Crippen molar-refractivity contribution >= 4 is 0 Å². The topological polar surface area (TPSA) is 9.72 Å². The molecule has 0 radical (unpaired) electrons. The first-order valence-corrected chi connectivity index (χ1v) is 17.1. The Morgan fingerprint density at radius 1 is 0.814 bits per heavy atom. The lowest BCUT2D eigenvalue weighted by atomic mass is 9.79. The minimum Gasteiger partial charge on any atom is -0.376 e. The van der Waals surface area contributed by atoms with Crippen molar-refractivity contribution in [2.45, 2.75) is 90.5 Å². The normalized spacial score (nSPS) is 29.1. The maximum Gasteiger partial charge on any atom is 0.0443 e. The van der Waals surface area contributed by atoms with E-state index in [1.165, 1.54) is 84.3 Å². The molecule has 0 saturated heterocycles. The highest BCUT2D eigenvalue weighted by Crippen LogP contribution is 2.37. The highest BCUT2D eigenvalue weighted by molar-refractivity contribution is 5.43. The van der Waals surface area contributed by atoms with Crippen LogP contribution >= 0.6 is 0 Å². The van der Waals surface area contributed by atoms with E-state index in [1.54, 1.807) is 0 Å². The fourth-order valence-corrected chi connectivity index (χ4v) is 7.75. The first kappa shape index (κ1) is 29.9. The van der Waals surface area contributed by atoms with E-state index < -0.39 is 0 Å². The Bertz CT molecular complexity index is 1340. The molecule has 2 heterocycles. The van der Waals surface area contributed by atoms with E-state index in [4.69, 9.17) is 0 Å². The van der Waals surface area contributed by atoms with Gasteiger partial charge in [-0.3, -0.25) is 0 Å². The van der Waals surface area contributed by atoms with Gasteiger partial charge in [0.25, 0.3) is 0 Å². The number of likely N-dealkylation sites (N-methyl/N-ethyl adjacent to an activating group) is 1. The van der Waals surface area contributed by atoms with Crippen LogP contribution in [-0.4, -0.2) is 47.4 Å². The van der Waals surface area contributed by atoms with Crippen LogP contribution in [0.25, 0.3) is 0 Å². The molecule has 3 nitrogen and oxygen atoms in total. The summed E-state index contributed by atoms with van der Waals surface area (Å²) in [6.45, 7) is 7.88. The molecule has 0 spiro atoms. The quantitative estimate of drug-likeness (QED) is 0.292. The highest BCUT2D eigenvalue weighted by Gasteiger charge is 2.28. The molecule has 0 aromatic heterocycles. The van der Waals surface area contributed by atoms with Gasteiger partial charge in [-0.15, -0.1) is 0 Å². The van der Waals surface area contributed by atoms with Crippen molar-refractivity contribution in [1.82, 2.24) is 14.7 Å². The third-order valence-electron chi connectivity index (χ3n) is 10.6. The number of rotatable bonds is 6. The lowest BCUT2D eigenvalue weighted by Crippen LogP contribution is -2.35. The SMILES string of the molecule is CC1=CCCCN(C2=CC=C(C3=CN(C)C3)CC2)C/C=C\C(N(C2=CCC(C3CC=CCC3)C=C2)C2CC=CCC2)=C1C. The van der Waals surface area contributed by atoms with Crippen LogP contribution in [0.4, 0.5) is 0 Å². The molecule has 3 atom stereocenters. The molecular formula is C40H53N3. The Morgan fingerprint density at radius 3 is 2.33 bits per heavy atom. The summed E-state index contributed by atoms with van der Waals surface area (Å²) >= 11 is 0. The standard InChI is InChI=1S/C40H53N3/c1-31-13-10-11-27-42(37-23-19-35(20-24-37)36-29-41(3)30-36)28-12-18-40(32(31)2)43(38-16-8-5-9-17-38)39-25-21-34(22-26-39)33-14-6-4-7-15-33/h4-6,8,12-13,18-19,21,23,25-26,29,33-34,38H,7,9-11,14-17,20,22,24,27-28,30H2,1-3H3/b18-12-,31-13?,40-32?. The largest absolute Gasteiger partial charge is 0.376 e. The lowest BCUT2D eigenvalue weighted by molar-refractivity contribution is 0.297. The molecule has 3 heteroatoms. The molecule has 0 saturated carbocycles. The fourth-order valence-electron chi connectivity index (χ4n) is 7.75. The van der Waals surface area contributed by atoms with E-state index in [2.05, 4.69) is 115 Å². The Balaban J connectivity index is 1.26. The molecular weight excluding hydrogens is 522 g/mol. The third-order valence-corrected chi connectivity index (χ3v) is 10.6. The summed E-state index contributed by atoms with van der Waals surface area (Å²) in [5.74, 6) is 1.47. The molecule has 43 heavy (non-hydrogen) atoms. The van der Waals surface area contributed by atoms with Crippen LogP contribution in [-0.2, 0) is 0 Å². The zero-order valence-electron chi connectivity index (χ0n) is 27.0. The lowest BCUT2D eigenvalue weighted by Gasteiger charge is -2.39. The van der Waals surface area contributed by atoms with Crippen LogP contribution in [0.5, 0.6) is 0 Å². The molecule has 6 rings (SSSR count). The minimum atomic E-state index is 0.503. The molecule has 6 aliphatic rings. The van der Waals surface area contributed by atoms with Crippen molar-refractivity contribution in [3.63, 3.8) is 0 Å². The predicted molar refractivity (Wildman–Crippen MR) is 183 cm³/mol. The van der Waals surface area contributed by atoms with E-state index in [9.17, 15) is 0 Å². The predicted octanol–water partition coefficient (Wildman–Crippen LogP) is 9.52. The van der Waals surface area contributed by atoms with E-state index in [1.807, 2.05) is 0 Å². The summed E-state index contributed by atoms with van der Waals surface area (Å²) in [7, 11) is 2.16. The second-order valence-electron chi connectivity index (χ2n) is 13.5. The molecule has 228 valence electrons. The second kappa shape index (κ2) is 14.1. The maximum absolute atomic E-state index is 2.72. The van der Waals surface area contributed by atoms with E-state index >= 15 is 0 Å². The molecule has 0 aromatic carbocycles. The van der Waals surface area contributed by atoms with Gasteiger partial charge in [-0.05, 0) is 131 Å². The van der Waals surface area contributed by atoms with Crippen LogP contribution in [0.2, 0.25) is 0 Å². The second-order valence-corrected chi connectivity index (χ2v) is 13.5. The molecule has 0 fully saturated rings. The average molecular weight is 576 g/mol. The van der Waals surface area contributed by atoms with Crippen molar-refractivity contribution < 1.29 is 0 Å². The van der Waals surface area contributed by atoms with Gasteiger partial charge in [-0.2, -0.15) is 0 Å². The number of nitrogens with zero attached hydrogens (tertiary/aromatic N) is 3. The van der Waals surface area contributed by atoms with E-state index in [0.29, 0.717) is 12.0 Å². The Hall–Kier alpha value is -3.20. The molecule has 3 unspecified atom stereocenters. The van der Waals surface area contributed by atoms with Crippen LogP contribution in [0.1, 0.15) is 84.5 Å². The Labute approximate surface area is 261 Å². The number of hydrogen-bond donors (Lipinski definition) is 0. The van der Waals surface area contributed by atoms with E-state index in [-0.39, 0.29) is 0 Å². The van der Waals surface area contributed by atoms with Crippen molar-refractivity contribution in [2.24, 2.45) is 11.8 Å². The van der Waals surface area contributed by atoms with Crippen molar-refractivity contribution in [2.75, 3.05) is 26.7 Å². The molecule has 4 aliphatic carbocycles. The molecule has 0 amide bonds. The smallest absolute Gasteiger partial charge is 0.0443 e. The highest BCUT2D eigenvalue weighted by atomic mass is 15.2. The first-order valence-electron chi connectivity index (χ1n) is 17.1.